The number of para-hydroxylation sites is 1. The van der Waals surface area contributed by atoms with Gasteiger partial charge in [-0.3, -0.25) is 19.4 Å². The first-order valence-electron chi connectivity index (χ1n) is 10.7. The molecule has 2 aliphatic rings. The smallest absolute Gasteiger partial charge is 0.241 e. The molecule has 0 spiro atoms. The number of nitrogens with two attached hydrogens (primary N) is 1. The molecule has 2 N–H and O–H groups in total. The van der Waals surface area contributed by atoms with Crippen molar-refractivity contribution in [3.63, 3.8) is 0 Å². The summed E-state index contributed by atoms with van der Waals surface area (Å²) in [6.07, 6.45) is 2.00. The Balaban J connectivity index is 1.37. The number of nitrogens with zero attached hydrogens (tertiary/aromatic N) is 4. The molecule has 2 aliphatic heterocycles. The molecule has 31 heavy (non-hydrogen) atoms. The number of benzene rings is 2. The van der Waals surface area contributed by atoms with Gasteiger partial charge < -0.3 is 10.6 Å². The highest BCUT2D eigenvalue weighted by Crippen LogP contribution is 2.27. The van der Waals surface area contributed by atoms with Crippen molar-refractivity contribution in [2.24, 2.45) is 5.73 Å². The number of amides is 2. The number of carbonyl (C=O) groups is 2. The highest BCUT2D eigenvalue weighted by atomic mass is 16.2. The van der Waals surface area contributed by atoms with E-state index in [1.54, 1.807) is 24.3 Å². The molecule has 1 saturated heterocycles. The highest BCUT2D eigenvalue weighted by Gasteiger charge is 2.30. The quantitative estimate of drug-likeness (QED) is 0.799. The second-order valence-electron chi connectivity index (χ2n) is 8.13. The van der Waals surface area contributed by atoms with Crippen LogP contribution >= 0.6 is 0 Å². The number of aryl methyl sites for hydroxylation is 1. The summed E-state index contributed by atoms with van der Waals surface area (Å²) in [4.78, 5) is 31.3. The topological polar surface area (TPSA) is 93.7 Å². The first-order chi connectivity index (χ1) is 15.1. The van der Waals surface area contributed by atoms with Crippen LogP contribution in [0.2, 0.25) is 0 Å². The summed E-state index contributed by atoms with van der Waals surface area (Å²) in [7, 11) is 0. The van der Waals surface area contributed by atoms with E-state index in [-0.39, 0.29) is 5.91 Å². The van der Waals surface area contributed by atoms with Crippen molar-refractivity contribution in [1.29, 1.82) is 5.26 Å². The zero-order valence-corrected chi connectivity index (χ0v) is 17.5. The van der Waals surface area contributed by atoms with E-state index < -0.39 is 11.9 Å². The Morgan fingerprint density at radius 1 is 1.00 bits per heavy atom. The van der Waals surface area contributed by atoms with Gasteiger partial charge in [-0.2, -0.15) is 5.26 Å². The maximum Gasteiger partial charge on any atom is 0.241 e. The molecular weight excluding hydrogens is 390 g/mol. The second kappa shape index (κ2) is 9.29. The number of piperazine rings is 1. The molecule has 2 aromatic rings. The van der Waals surface area contributed by atoms with Crippen molar-refractivity contribution >= 4 is 17.5 Å². The van der Waals surface area contributed by atoms with Gasteiger partial charge in [0.1, 0.15) is 6.04 Å². The largest absolute Gasteiger partial charge is 0.368 e. The average molecular weight is 418 g/mol. The number of fused-ring (bicyclic) bond motifs is 1. The van der Waals surface area contributed by atoms with Crippen LogP contribution in [0.1, 0.15) is 29.2 Å². The summed E-state index contributed by atoms with van der Waals surface area (Å²) in [6.45, 7) is 3.83. The van der Waals surface area contributed by atoms with Gasteiger partial charge in [-0.15, -0.1) is 0 Å². The maximum atomic E-state index is 13.0. The summed E-state index contributed by atoms with van der Waals surface area (Å²) in [5.41, 5.74) is 9.32. The van der Waals surface area contributed by atoms with Gasteiger partial charge in [0.2, 0.25) is 11.8 Å². The molecule has 7 nitrogen and oxygen atoms in total. The summed E-state index contributed by atoms with van der Waals surface area (Å²) in [5.74, 6) is -0.279. The third-order valence-electron chi connectivity index (χ3n) is 6.17. The molecule has 0 radical (unpaired) electrons. The molecule has 7 heteroatoms. The minimum Gasteiger partial charge on any atom is -0.368 e. The van der Waals surface area contributed by atoms with E-state index in [0.717, 1.165) is 30.6 Å². The Morgan fingerprint density at radius 2 is 1.71 bits per heavy atom. The van der Waals surface area contributed by atoms with Gasteiger partial charge in [0.15, 0.2) is 0 Å². The Labute approximate surface area is 182 Å². The summed E-state index contributed by atoms with van der Waals surface area (Å²) in [5, 5.41) is 8.99. The minimum atomic E-state index is -0.528. The zero-order valence-electron chi connectivity index (χ0n) is 17.5. The number of hydrogen-bond donors (Lipinski definition) is 1. The normalized spacial score (nSPS) is 18.1. The van der Waals surface area contributed by atoms with Gasteiger partial charge in [-0.05, 0) is 42.2 Å². The first kappa shape index (κ1) is 21.0. The molecule has 0 aromatic heterocycles. The highest BCUT2D eigenvalue weighted by molar-refractivity contribution is 5.96. The van der Waals surface area contributed by atoms with Gasteiger partial charge in [-0.1, -0.05) is 30.3 Å². The van der Waals surface area contributed by atoms with Gasteiger partial charge >= 0.3 is 0 Å². The van der Waals surface area contributed by atoms with E-state index in [4.69, 9.17) is 11.0 Å². The van der Waals surface area contributed by atoms with Crippen molar-refractivity contribution in [3.05, 3.63) is 65.2 Å². The molecule has 0 bridgehead atoms. The lowest BCUT2D eigenvalue weighted by Gasteiger charge is -2.39. The number of nitriles is 1. The molecule has 160 valence electrons. The lowest BCUT2D eigenvalue weighted by molar-refractivity contribution is -0.125. The lowest BCUT2D eigenvalue weighted by Crippen LogP contribution is -2.53. The third kappa shape index (κ3) is 4.61. The maximum absolute atomic E-state index is 13.0. The molecular formula is C24H27N5O2. The van der Waals surface area contributed by atoms with Crippen LogP contribution in [0, 0.1) is 11.3 Å². The summed E-state index contributed by atoms with van der Waals surface area (Å²) < 4.78 is 0. The molecule has 0 saturated carbocycles. The zero-order chi connectivity index (χ0) is 21.8. The Kier molecular flexibility index (Phi) is 6.31. The third-order valence-corrected chi connectivity index (χ3v) is 6.17. The van der Waals surface area contributed by atoms with Crippen LogP contribution in [-0.2, 0) is 16.0 Å². The molecule has 2 aromatic carbocycles. The van der Waals surface area contributed by atoms with E-state index in [2.05, 4.69) is 21.9 Å². The van der Waals surface area contributed by atoms with Crippen LogP contribution in [-0.4, -0.2) is 60.9 Å². The van der Waals surface area contributed by atoms with Gasteiger partial charge in [0.05, 0.1) is 18.2 Å². The van der Waals surface area contributed by atoms with Crippen molar-refractivity contribution in [2.75, 3.05) is 44.2 Å². The van der Waals surface area contributed by atoms with E-state index in [9.17, 15) is 9.59 Å². The molecule has 0 aliphatic carbocycles. The minimum absolute atomic E-state index is 0.124. The standard InChI is InChI=1S/C24H27N5O2/c25-16-18-7-9-20(10-8-18)23(24(26)31)28-14-12-27(13-15-28)17-22(30)29-11-3-5-19-4-1-2-6-21(19)29/h1-2,4,6-10,23H,3,5,11-15,17H2,(H2,26,31). The SMILES string of the molecule is N#Cc1ccc(C(C(N)=O)N2CCN(CC(=O)N3CCCc4ccccc43)CC2)cc1. The van der Waals surface area contributed by atoms with Crippen LogP contribution in [0.3, 0.4) is 0 Å². The van der Waals surface area contributed by atoms with Crippen molar-refractivity contribution in [1.82, 2.24) is 9.80 Å². The second-order valence-corrected chi connectivity index (χ2v) is 8.13. The number of anilines is 1. The van der Waals surface area contributed by atoms with Crippen LogP contribution in [0.5, 0.6) is 0 Å². The predicted octanol–water partition coefficient (Wildman–Crippen LogP) is 1.68. The first-order valence-corrected chi connectivity index (χ1v) is 10.7. The van der Waals surface area contributed by atoms with E-state index in [0.29, 0.717) is 38.3 Å². The number of hydrogen-bond acceptors (Lipinski definition) is 5. The fraction of sp³-hybridized carbons (Fsp3) is 0.375. The molecule has 1 fully saturated rings. The van der Waals surface area contributed by atoms with Gasteiger partial charge in [0, 0.05) is 38.4 Å². The van der Waals surface area contributed by atoms with E-state index in [1.807, 2.05) is 23.1 Å². The molecule has 2 amide bonds. The predicted molar refractivity (Wildman–Crippen MR) is 118 cm³/mol. The average Bonchev–Trinajstić information content (AvgIpc) is 2.80. The summed E-state index contributed by atoms with van der Waals surface area (Å²) >= 11 is 0. The van der Waals surface area contributed by atoms with Crippen LogP contribution in [0.4, 0.5) is 5.69 Å². The molecule has 1 atom stereocenters. The fourth-order valence-corrected chi connectivity index (χ4v) is 4.54. The van der Waals surface area contributed by atoms with Gasteiger partial charge in [-0.25, -0.2) is 0 Å². The lowest BCUT2D eigenvalue weighted by atomic mass is 10.0. The Bertz CT molecular complexity index is 990. The van der Waals surface area contributed by atoms with E-state index >= 15 is 0 Å². The number of primary amides is 1. The van der Waals surface area contributed by atoms with Gasteiger partial charge in [0.25, 0.3) is 0 Å². The summed E-state index contributed by atoms with van der Waals surface area (Å²) in [6, 6.07) is 16.7. The Hall–Kier alpha value is -3.21. The van der Waals surface area contributed by atoms with Crippen molar-refractivity contribution in [2.45, 2.75) is 18.9 Å². The number of rotatable bonds is 5. The van der Waals surface area contributed by atoms with Crippen molar-refractivity contribution in [3.8, 4) is 6.07 Å². The molecule has 2 heterocycles. The van der Waals surface area contributed by atoms with Crippen molar-refractivity contribution < 1.29 is 9.59 Å². The fourth-order valence-electron chi connectivity index (χ4n) is 4.54. The molecule has 1 unspecified atom stereocenters. The number of carbonyl (C=O) groups excluding carboxylic acids is 2. The van der Waals surface area contributed by atoms with Crippen LogP contribution in [0.25, 0.3) is 0 Å². The molecule has 4 rings (SSSR count). The Morgan fingerprint density at radius 3 is 2.39 bits per heavy atom. The van der Waals surface area contributed by atoms with E-state index in [1.165, 1.54) is 5.56 Å². The van der Waals surface area contributed by atoms with Crippen LogP contribution < -0.4 is 10.6 Å². The van der Waals surface area contributed by atoms with Crippen LogP contribution in [0.15, 0.2) is 48.5 Å². The monoisotopic (exact) mass is 417 g/mol.